The van der Waals surface area contributed by atoms with Gasteiger partial charge in [0, 0.05) is 10.5 Å². The first-order valence-electron chi connectivity index (χ1n) is 6.92. The highest BCUT2D eigenvalue weighted by atomic mass is 79.9. The minimum Gasteiger partial charge on any atom is -0.493 e. The summed E-state index contributed by atoms with van der Waals surface area (Å²) in [5.41, 5.74) is 1.57. The molecule has 0 aliphatic heterocycles. The zero-order chi connectivity index (χ0) is 17.7. The third kappa shape index (κ3) is 4.45. The Morgan fingerprint density at radius 1 is 1.25 bits per heavy atom. The number of nitro groups is 1. The first kappa shape index (κ1) is 17.7. The average Bonchev–Trinajstić information content (AvgIpc) is 2.55. The fraction of sp³-hybridized carbons (Fsp3) is 0.188. The minimum atomic E-state index is -0.534. The van der Waals surface area contributed by atoms with Crippen LogP contribution >= 0.6 is 15.9 Å². The summed E-state index contributed by atoms with van der Waals surface area (Å²) in [6, 6.07) is 9.46. The summed E-state index contributed by atoms with van der Waals surface area (Å²) in [5.74, 6) is 0.0784. The van der Waals surface area contributed by atoms with Gasteiger partial charge < -0.3 is 14.8 Å². The van der Waals surface area contributed by atoms with Crippen LogP contribution in [-0.4, -0.2) is 24.5 Å². The van der Waals surface area contributed by atoms with E-state index in [0.29, 0.717) is 5.69 Å². The Kier molecular flexibility index (Phi) is 5.75. The van der Waals surface area contributed by atoms with Gasteiger partial charge >= 0.3 is 0 Å². The molecule has 0 heterocycles. The van der Waals surface area contributed by atoms with E-state index in [1.165, 1.54) is 25.3 Å². The quantitative estimate of drug-likeness (QED) is 0.595. The topological polar surface area (TPSA) is 90.7 Å². The summed E-state index contributed by atoms with van der Waals surface area (Å²) in [6.07, 6.45) is 0. The molecular weight excluding hydrogens is 380 g/mol. The van der Waals surface area contributed by atoms with Crippen molar-refractivity contribution in [1.29, 1.82) is 0 Å². The molecule has 7 nitrogen and oxygen atoms in total. The van der Waals surface area contributed by atoms with Crippen LogP contribution in [-0.2, 0) is 4.79 Å². The van der Waals surface area contributed by atoms with Gasteiger partial charge in [-0.05, 0) is 46.6 Å². The maximum absolute atomic E-state index is 12.0. The van der Waals surface area contributed by atoms with Crippen molar-refractivity contribution in [2.75, 3.05) is 19.0 Å². The maximum atomic E-state index is 12.0. The second-order valence-electron chi connectivity index (χ2n) is 4.91. The molecular formula is C16H15BrN2O5. The van der Waals surface area contributed by atoms with E-state index in [4.69, 9.17) is 9.47 Å². The molecule has 0 unspecified atom stereocenters. The molecule has 0 bridgehead atoms. The first-order valence-corrected chi connectivity index (χ1v) is 7.71. The first-order chi connectivity index (χ1) is 11.4. The van der Waals surface area contributed by atoms with Crippen LogP contribution in [0.2, 0.25) is 0 Å². The fourth-order valence-electron chi connectivity index (χ4n) is 1.94. The van der Waals surface area contributed by atoms with Crippen molar-refractivity contribution in [3.8, 4) is 11.5 Å². The van der Waals surface area contributed by atoms with Crippen LogP contribution in [0.15, 0.2) is 40.9 Å². The maximum Gasteiger partial charge on any atom is 0.273 e. The van der Waals surface area contributed by atoms with Gasteiger partial charge in [-0.25, -0.2) is 0 Å². The SMILES string of the molecule is COc1cc([N+](=O)[O-])ccc1OCC(=O)Nc1ccc(C)cc1Br. The number of carbonyl (C=O) groups excluding carboxylic acids is 1. The van der Waals surface area contributed by atoms with E-state index in [1.807, 2.05) is 19.1 Å². The zero-order valence-electron chi connectivity index (χ0n) is 13.0. The van der Waals surface area contributed by atoms with E-state index in [9.17, 15) is 14.9 Å². The molecule has 24 heavy (non-hydrogen) atoms. The molecule has 1 amide bonds. The van der Waals surface area contributed by atoms with Crippen LogP contribution < -0.4 is 14.8 Å². The minimum absolute atomic E-state index is 0.118. The lowest BCUT2D eigenvalue weighted by Crippen LogP contribution is -2.20. The van der Waals surface area contributed by atoms with Crippen LogP contribution in [0.5, 0.6) is 11.5 Å². The van der Waals surface area contributed by atoms with Crippen LogP contribution in [0.25, 0.3) is 0 Å². The molecule has 0 aromatic heterocycles. The number of anilines is 1. The number of nitro benzene ring substituents is 1. The Balaban J connectivity index is 2.02. The number of rotatable bonds is 6. The van der Waals surface area contributed by atoms with Crippen molar-refractivity contribution < 1.29 is 19.2 Å². The molecule has 2 aromatic carbocycles. The van der Waals surface area contributed by atoms with Crippen molar-refractivity contribution in [2.24, 2.45) is 0 Å². The summed E-state index contributed by atoms with van der Waals surface area (Å²) >= 11 is 3.38. The van der Waals surface area contributed by atoms with E-state index in [1.54, 1.807) is 6.07 Å². The van der Waals surface area contributed by atoms with Gasteiger partial charge in [0.2, 0.25) is 0 Å². The molecule has 0 saturated carbocycles. The monoisotopic (exact) mass is 394 g/mol. The highest BCUT2D eigenvalue weighted by Gasteiger charge is 2.14. The number of ether oxygens (including phenoxy) is 2. The summed E-state index contributed by atoms with van der Waals surface area (Å²) in [7, 11) is 1.37. The van der Waals surface area contributed by atoms with E-state index < -0.39 is 4.92 Å². The van der Waals surface area contributed by atoms with Crippen LogP contribution in [0.1, 0.15) is 5.56 Å². The number of carbonyl (C=O) groups is 1. The Morgan fingerprint density at radius 3 is 2.62 bits per heavy atom. The Hall–Kier alpha value is -2.61. The second-order valence-corrected chi connectivity index (χ2v) is 5.77. The van der Waals surface area contributed by atoms with Gasteiger partial charge in [-0.1, -0.05) is 6.07 Å². The predicted molar refractivity (Wildman–Crippen MR) is 92.7 cm³/mol. The van der Waals surface area contributed by atoms with Gasteiger partial charge in [0.15, 0.2) is 18.1 Å². The van der Waals surface area contributed by atoms with Crippen molar-refractivity contribution in [3.63, 3.8) is 0 Å². The van der Waals surface area contributed by atoms with E-state index >= 15 is 0 Å². The lowest BCUT2D eigenvalue weighted by molar-refractivity contribution is -0.384. The number of hydrogen-bond donors (Lipinski definition) is 1. The summed E-state index contributed by atoms with van der Waals surface area (Å²) in [6.45, 7) is 1.69. The molecule has 8 heteroatoms. The second kappa shape index (κ2) is 7.78. The van der Waals surface area contributed by atoms with Gasteiger partial charge in [-0.2, -0.15) is 0 Å². The van der Waals surface area contributed by atoms with Crippen LogP contribution in [0, 0.1) is 17.0 Å². The normalized spacial score (nSPS) is 10.1. The van der Waals surface area contributed by atoms with Gasteiger partial charge in [-0.15, -0.1) is 0 Å². The van der Waals surface area contributed by atoms with E-state index in [-0.39, 0.29) is 29.7 Å². The highest BCUT2D eigenvalue weighted by molar-refractivity contribution is 9.10. The molecule has 2 aromatic rings. The third-order valence-corrected chi connectivity index (χ3v) is 3.77. The smallest absolute Gasteiger partial charge is 0.273 e. The largest absolute Gasteiger partial charge is 0.493 e. The van der Waals surface area contributed by atoms with Crippen molar-refractivity contribution in [1.82, 2.24) is 0 Å². The average molecular weight is 395 g/mol. The van der Waals surface area contributed by atoms with Gasteiger partial charge in [0.05, 0.1) is 23.8 Å². The van der Waals surface area contributed by atoms with Gasteiger partial charge in [-0.3, -0.25) is 14.9 Å². The zero-order valence-corrected chi connectivity index (χ0v) is 14.6. The van der Waals surface area contributed by atoms with E-state index in [2.05, 4.69) is 21.2 Å². The van der Waals surface area contributed by atoms with Crippen molar-refractivity contribution in [3.05, 3.63) is 56.5 Å². The van der Waals surface area contributed by atoms with Crippen LogP contribution in [0.3, 0.4) is 0 Å². The molecule has 0 fully saturated rings. The molecule has 2 rings (SSSR count). The van der Waals surface area contributed by atoms with Crippen molar-refractivity contribution in [2.45, 2.75) is 6.92 Å². The lowest BCUT2D eigenvalue weighted by Gasteiger charge is -2.11. The molecule has 0 atom stereocenters. The summed E-state index contributed by atoms with van der Waals surface area (Å²) in [4.78, 5) is 22.2. The van der Waals surface area contributed by atoms with E-state index in [0.717, 1.165) is 10.0 Å². The number of non-ortho nitro benzene ring substituents is 1. The summed E-state index contributed by atoms with van der Waals surface area (Å²) in [5, 5.41) is 13.5. The molecule has 0 aliphatic rings. The number of hydrogen-bond acceptors (Lipinski definition) is 5. The molecule has 126 valence electrons. The number of nitrogens with zero attached hydrogens (tertiary/aromatic N) is 1. The van der Waals surface area contributed by atoms with Crippen LogP contribution in [0.4, 0.5) is 11.4 Å². The lowest BCUT2D eigenvalue weighted by atomic mass is 10.2. The number of benzene rings is 2. The standard InChI is InChI=1S/C16H15BrN2O5/c1-10-3-5-13(12(17)7-10)18-16(20)9-24-14-6-4-11(19(21)22)8-15(14)23-2/h3-8H,9H2,1-2H3,(H,18,20). The van der Waals surface area contributed by atoms with Crippen molar-refractivity contribution >= 4 is 33.2 Å². The fourth-order valence-corrected chi connectivity index (χ4v) is 2.53. The van der Waals surface area contributed by atoms with Gasteiger partial charge in [0.1, 0.15) is 0 Å². The Labute approximate surface area is 146 Å². The van der Waals surface area contributed by atoms with Gasteiger partial charge in [0.25, 0.3) is 11.6 Å². The molecule has 1 N–H and O–H groups in total. The molecule has 0 aliphatic carbocycles. The third-order valence-electron chi connectivity index (χ3n) is 3.12. The number of halogens is 1. The Morgan fingerprint density at radius 2 is 2.00 bits per heavy atom. The number of methoxy groups -OCH3 is 1. The molecule has 0 radical (unpaired) electrons. The predicted octanol–water partition coefficient (Wildman–Crippen LogP) is 3.69. The molecule has 0 spiro atoms. The number of nitrogens with one attached hydrogen (secondary N) is 1. The Bertz CT molecular complexity index is 779. The highest BCUT2D eigenvalue weighted by Crippen LogP contribution is 2.31. The number of amides is 1. The molecule has 0 saturated heterocycles. The summed E-state index contributed by atoms with van der Waals surface area (Å²) < 4.78 is 11.2. The number of aryl methyl sites for hydroxylation is 1.